The van der Waals surface area contributed by atoms with Gasteiger partial charge in [0, 0.05) is 14.1 Å². The first kappa shape index (κ1) is 22.3. The summed E-state index contributed by atoms with van der Waals surface area (Å²) in [6, 6.07) is 12.2. The number of hydrogen-bond donors (Lipinski definition) is 1. The summed E-state index contributed by atoms with van der Waals surface area (Å²) in [4.78, 5) is 10.5. The molecule has 26 heavy (non-hydrogen) atoms. The van der Waals surface area contributed by atoms with Crippen molar-refractivity contribution in [3.63, 3.8) is 0 Å². The molecule has 0 radical (unpaired) electrons. The molecule has 6 heteroatoms. The zero-order valence-electron chi connectivity index (χ0n) is 15.7. The zero-order chi connectivity index (χ0) is 18.4. The molecule has 0 atom stereocenters. The molecule has 1 saturated heterocycles. The van der Waals surface area contributed by atoms with E-state index < -0.39 is 6.09 Å². The largest absolute Gasteiger partial charge is 1.00 e. The lowest BCUT2D eigenvalue weighted by molar-refractivity contribution is -0.926. The maximum absolute atomic E-state index is 10.2. The van der Waals surface area contributed by atoms with E-state index in [0.717, 1.165) is 21.5 Å². The first-order chi connectivity index (χ1) is 11.8. The molecule has 0 saturated carbocycles. The van der Waals surface area contributed by atoms with E-state index in [1.54, 1.807) is 0 Å². The van der Waals surface area contributed by atoms with E-state index >= 15 is 0 Å². The minimum Gasteiger partial charge on any atom is -1.00 e. The summed E-state index contributed by atoms with van der Waals surface area (Å²) in [6.07, 6.45) is 2.81. The standard InChI is InChI=1S/C17H21NO.C3H7NO2.BrH/c1-18(11-5-2-6-12-18)13-16-15-8-4-3-7-14(15)9-10-17(16)19;1-4(2)3(5)6;/h3-4,7-10H,2,5-6,11-13H2,1H3;1-2H3,(H,5,6);1H/p-1. The average Bonchev–Trinajstić information content (AvgIpc) is 2.58. The summed E-state index contributed by atoms with van der Waals surface area (Å²) in [7, 11) is 5.14. The monoisotopic (exact) mass is 423 g/mol. The fourth-order valence-corrected chi connectivity index (χ4v) is 3.31. The summed E-state index contributed by atoms with van der Waals surface area (Å²) in [5.74, 6) is 0.448. The van der Waals surface area contributed by atoms with Crippen LogP contribution in [0.1, 0.15) is 24.8 Å². The summed E-state index contributed by atoms with van der Waals surface area (Å²) in [5, 5.41) is 22.2. The van der Waals surface area contributed by atoms with Crippen LogP contribution in [0.3, 0.4) is 0 Å². The second-order valence-corrected chi connectivity index (χ2v) is 7.23. The first-order valence-corrected chi connectivity index (χ1v) is 8.74. The molecular formula is C20H28BrN2O3-. The maximum atomic E-state index is 10.2. The fourth-order valence-electron chi connectivity index (χ4n) is 3.31. The molecule has 0 spiro atoms. The van der Waals surface area contributed by atoms with Crippen molar-refractivity contribution < 1.29 is 36.5 Å². The second-order valence-electron chi connectivity index (χ2n) is 7.23. The molecule has 1 aliphatic heterocycles. The van der Waals surface area contributed by atoms with Crippen LogP contribution in [0.4, 0.5) is 4.79 Å². The van der Waals surface area contributed by atoms with Crippen LogP contribution in [0, 0.1) is 0 Å². The molecule has 3 rings (SSSR count). The number of halogens is 1. The highest BCUT2D eigenvalue weighted by atomic mass is 79.9. The lowest BCUT2D eigenvalue weighted by Crippen LogP contribution is -3.00. The van der Waals surface area contributed by atoms with E-state index in [-0.39, 0.29) is 17.0 Å². The Morgan fingerprint density at radius 1 is 1.12 bits per heavy atom. The number of rotatable bonds is 2. The van der Waals surface area contributed by atoms with Crippen LogP contribution in [-0.2, 0) is 6.54 Å². The molecule has 1 N–H and O–H groups in total. The van der Waals surface area contributed by atoms with Crippen LogP contribution in [0.2, 0.25) is 0 Å². The summed E-state index contributed by atoms with van der Waals surface area (Å²) >= 11 is 0. The predicted molar refractivity (Wildman–Crippen MR) is 98.2 cm³/mol. The van der Waals surface area contributed by atoms with Gasteiger partial charge in [-0.05, 0) is 36.1 Å². The Labute approximate surface area is 166 Å². The number of carbonyl (C=O) groups excluding carboxylic acids is 1. The quantitative estimate of drug-likeness (QED) is 0.666. The molecule has 1 fully saturated rings. The van der Waals surface area contributed by atoms with E-state index in [4.69, 9.17) is 0 Å². The molecule has 1 amide bonds. The van der Waals surface area contributed by atoms with Gasteiger partial charge in [-0.2, -0.15) is 0 Å². The van der Waals surface area contributed by atoms with Crippen molar-refractivity contribution in [3.8, 4) is 5.75 Å². The highest BCUT2D eigenvalue weighted by Crippen LogP contribution is 2.31. The number of phenolic OH excluding ortho intramolecular Hbond substituents is 1. The number of phenols is 1. The van der Waals surface area contributed by atoms with Gasteiger partial charge < -0.3 is 41.4 Å². The molecule has 2 aromatic rings. The van der Waals surface area contributed by atoms with Crippen molar-refractivity contribution in [2.75, 3.05) is 34.2 Å². The Hall–Kier alpha value is -1.79. The van der Waals surface area contributed by atoms with Gasteiger partial charge in [-0.3, -0.25) is 0 Å². The number of likely N-dealkylation sites (tertiary alicyclic amines) is 1. The number of fused-ring (bicyclic) bond motifs is 1. The van der Waals surface area contributed by atoms with Crippen molar-refractivity contribution in [1.29, 1.82) is 0 Å². The second kappa shape index (κ2) is 9.78. The number of benzene rings is 2. The summed E-state index contributed by atoms with van der Waals surface area (Å²) < 4.78 is 1.06. The molecule has 0 aromatic heterocycles. The van der Waals surface area contributed by atoms with Gasteiger partial charge in [0.1, 0.15) is 18.4 Å². The van der Waals surface area contributed by atoms with Crippen molar-refractivity contribution in [2.45, 2.75) is 25.8 Å². The van der Waals surface area contributed by atoms with E-state index in [2.05, 4.69) is 31.3 Å². The van der Waals surface area contributed by atoms with E-state index in [1.807, 2.05) is 12.1 Å². The lowest BCUT2D eigenvalue weighted by atomic mass is 10.0. The highest BCUT2D eigenvalue weighted by molar-refractivity contribution is 5.87. The van der Waals surface area contributed by atoms with Crippen LogP contribution in [-0.4, -0.2) is 54.8 Å². The van der Waals surface area contributed by atoms with Crippen molar-refractivity contribution in [2.24, 2.45) is 0 Å². The van der Waals surface area contributed by atoms with Gasteiger partial charge in [0.05, 0.1) is 25.7 Å². The number of piperidine rings is 1. The Bertz CT molecular complexity index is 728. The lowest BCUT2D eigenvalue weighted by Gasteiger charge is -2.38. The van der Waals surface area contributed by atoms with E-state index in [1.165, 1.54) is 57.2 Å². The fraction of sp³-hybridized carbons (Fsp3) is 0.450. The van der Waals surface area contributed by atoms with Crippen LogP contribution >= 0.6 is 0 Å². The van der Waals surface area contributed by atoms with Crippen molar-refractivity contribution >= 4 is 16.9 Å². The minimum atomic E-state index is -1.16. The van der Waals surface area contributed by atoms with Crippen molar-refractivity contribution in [3.05, 3.63) is 42.0 Å². The number of quaternary nitrogens is 1. The van der Waals surface area contributed by atoms with Crippen LogP contribution in [0.25, 0.3) is 10.8 Å². The predicted octanol–water partition coefficient (Wildman–Crippen LogP) is -0.429. The van der Waals surface area contributed by atoms with Gasteiger partial charge in [-0.15, -0.1) is 0 Å². The van der Waals surface area contributed by atoms with E-state index in [9.17, 15) is 15.0 Å². The van der Waals surface area contributed by atoms with E-state index in [0.29, 0.717) is 5.75 Å². The maximum Gasteiger partial charge on any atom is 0.136 e. The normalized spacial score (nSPS) is 15.3. The van der Waals surface area contributed by atoms with Gasteiger partial charge in [-0.25, -0.2) is 0 Å². The first-order valence-electron chi connectivity index (χ1n) is 8.74. The van der Waals surface area contributed by atoms with Gasteiger partial charge >= 0.3 is 0 Å². The summed E-state index contributed by atoms with van der Waals surface area (Å²) in [6.45, 7) is 3.39. The number of carboxylic acid groups (broad SMARTS) is 1. The number of amides is 1. The molecule has 2 aromatic carbocycles. The topological polar surface area (TPSA) is 63.6 Å². The highest BCUT2D eigenvalue weighted by Gasteiger charge is 2.26. The van der Waals surface area contributed by atoms with Crippen LogP contribution in [0.15, 0.2) is 36.4 Å². The Morgan fingerprint density at radius 2 is 1.69 bits per heavy atom. The zero-order valence-corrected chi connectivity index (χ0v) is 17.3. The third-order valence-corrected chi connectivity index (χ3v) is 4.82. The molecule has 5 nitrogen and oxygen atoms in total. The summed E-state index contributed by atoms with van der Waals surface area (Å²) in [5.41, 5.74) is 1.11. The molecule has 0 bridgehead atoms. The SMILES string of the molecule is CN(C)C(=O)[O-].C[N+]1(Cc2c(O)ccc3ccccc23)CCCCC1.[Br-]. The molecular weight excluding hydrogens is 396 g/mol. The number of aromatic hydroxyl groups is 1. The van der Waals surface area contributed by atoms with Crippen LogP contribution < -0.4 is 22.1 Å². The van der Waals surface area contributed by atoms with Crippen molar-refractivity contribution in [1.82, 2.24) is 4.90 Å². The minimum absolute atomic E-state index is 0. The number of nitrogens with zero attached hydrogens (tertiary/aromatic N) is 2. The molecule has 0 unspecified atom stereocenters. The number of hydrogen-bond acceptors (Lipinski definition) is 3. The molecule has 1 aliphatic rings. The van der Waals surface area contributed by atoms with Gasteiger partial charge in [0.2, 0.25) is 0 Å². The molecule has 1 heterocycles. The molecule has 0 aliphatic carbocycles. The Balaban J connectivity index is 0.000000422. The Kier molecular flexibility index (Phi) is 8.37. The third-order valence-electron chi connectivity index (χ3n) is 4.82. The average molecular weight is 424 g/mol. The van der Waals surface area contributed by atoms with Crippen LogP contribution in [0.5, 0.6) is 5.75 Å². The smallest absolute Gasteiger partial charge is 0.136 e. The van der Waals surface area contributed by atoms with Gasteiger partial charge in [0.25, 0.3) is 0 Å². The molecule has 144 valence electrons. The number of carbonyl (C=O) groups is 1. The Morgan fingerprint density at radius 3 is 2.27 bits per heavy atom. The van der Waals surface area contributed by atoms with Gasteiger partial charge in [-0.1, -0.05) is 30.3 Å². The van der Waals surface area contributed by atoms with Gasteiger partial charge in [0.15, 0.2) is 0 Å². The third kappa shape index (κ3) is 5.88.